The summed E-state index contributed by atoms with van der Waals surface area (Å²) >= 11 is 0. The Morgan fingerprint density at radius 3 is 2.47 bits per heavy atom. The second-order valence-electron chi connectivity index (χ2n) is 4.83. The fraction of sp³-hybridized carbons (Fsp3) is 0.500. The van der Waals surface area contributed by atoms with Crippen molar-refractivity contribution >= 4 is 5.91 Å². The van der Waals surface area contributed by atoms with Gasteiger partial charge >= 0.3 is 0 Å². The van der Waals surface area contributed by atoms with Crippen LogP contribution in [0, 0.1) is 5.82 Å². The number of nitrogens with one attached hydrogen (secondary N) is 1. The lowest BCUT2D eigenvalue weighted by Crippen LogP contribution is -2.50. The molecule has 0 bridgehead atoms. The number of halogens is 1. The molecule has 0 fully saturated rings. The molecular weight excluding hydrogens is 249 g/mol. The Morgan fingerprint density at radius 1 is 1.42 bits per heavy atom. The molecule has 106 valence electrons. The highest BCUT2D eigenvalue weighted by Crippen LogP contribution is 2.19. The third kappa shape index (κ3) is 4.52. The largest absolute Gasteiger partial charge is 0.478 e. The number of amides is 1. The zero-order valence-electron chi connectivity index (χ0n) is 11.4. The Hall–Kier alpha value is -1.62. The smallest absolute Gasteiger partial charge is 0.263 e. The summed E-state index contributed by atoms with van der Waals surface area (Å²) in [4.78, 5) is 12.0. The van der Waals surface area contributed by atoms with Crippen LogP contribution in [0.5, 0.6) is 5.75 Å². The van der Waals surface area contributed by atoms with Crippen molar-refractivity contribution in [2.75, 3.05) is 6.61 Å². The van der Waals surface area contributed by atoms with Crippen LogP contribution in [-0.2, 0) is 4.79 Å². The Bertz CT molecular complexity index is 413. The first-order valence-corrected chi connectivity index (χ1v) is 6.25. The van der Waals surface area contributed by atoms with Gasteiger partial charge in [0.25, 0.3) is 5.91 Å². The third-order valence-corrected chi connectivity index (χ3v) is 2.78. The lowest BCUT2D eigenvalue weighted by atomic mass is 10.1. The van der Waals surface area contributed by atoms with Crippen LogP contribution < -0.4 is 10.1 Å². The Morgan fingerprint density at radius 2 is 2.00 bits per heavy atom. The minimum atomic E-state index is -1.10. The van der Waals surface area contributed by atoms with E-state index in [9.17, 15) is 9.18 Å². The van der Waals surface area contributed by atoms with Gasteiger partial charge in [0, 0.05) is 0 Å². The molecule has 0 aliphatic rings. The molecule has 0 unspecified atom stereocenters. The number of rotatable bonds is 6. The molecule has 0 heterocycles. The van der Waals surface area contributed by atoms with Crippen LogP contribution in [0.2, 0.25) is 0 Å². The van der Waals surface area contributed by atoms with Crippen LogP contribution in [0.3, 0.4) is 0 Å². The summed E-state index contributed by atoms with van der Waals surface area (Å²) in [5.41, 5.74) is -1.10. The van der Waals surface area contributed by atoms with Gasteiger partial charge in [-0.2, -0.15) is 0 Å². The van der Waals surface area contributed by atoms with E-state index >= 15 is 0 Å². The van der Waals surface area contributed by atoms with Gasteiger partial charge in [0.2, 0.25) is 0 Å². The van der Waals surface area contributed by atoms with E-state index < -0.39 is 5.60 Å². The molecule has 0 aliphatic carbocycles. The third-order valence-electron chi connectivity index (χ3n) is 2.78. The van der Waals surface area contributed by atoms with Gasteiger partial charge in [-0.05, 0) is 44.5 Å². The van der Waals surface area contributed by atoms with E-state index in [0.717, 1.165) is 0 Å². The summed E-state index contributed by atoms with van der Waals surface area (Å²) in [7, 11) is 0. The summed E-state index contributed by atoms with van der Waals surface area (Å²) in [6.45, 7) is 5.00. The number of aliphatic hydroxyl groups is 1. The summed E-state index contributed by atoms with van der Waals surface area (Å²) in [6.07, 6.45) is 0.634. The van der Waals surface area contributed by atoms with Crippen molar-refractivity contribution in [1.29, 1.82) is 0 Å². The minimum Gasteiger partial charge on any atom is -0.478 e. The fourth-order valence-electron chi connectivity index (χ4n) is 1.48. The summed E-state index contributed by atoms with van der Waals surface area (Å²) in [6, 6.07) is 5.18. The summed E-state index contributed by atoms with van der Waals surface area (Å²) in [5.74, 6) is -0.266. The van der Waals surface area contributed by atoms with E-state index in [2.05, 4.69) is 5.32 Å². The van der Waals surface area contributed by atoms with Gasteiger partial charge in [0.15, 0.2) is 5.60 Å². The fourth-order valence-corrected chi connectivity index (χ4v) is 1.48. The van der Waals surface area contributed by atoms with Gasteiger partial charge in [-0.3, -0.25) is 4.79 Å². The second-order valence-corrected chi connectivity index (χ2v) is 4.83. The van der Waals surface area contributed by atoms with Crippen LogP contribution >= 0.6 is 0 Å². The van der Waals surface area contributed by atoms with Gasteiger partial charge < -0.3 is 15.2 Å². The molecule has 0 aliphatic heterocycles. The first-order chi connectivity index (χ1) is 8.89. The first kappa shape index (κ1) is 15.4. The molecule has 2 N–H and O–H groups in total. The molecule has 0 spiro atoms. The van der Waals surface area contributed by atoms with E-state index in [1.807, 2.05) is 6.92 Å². The molecule has 1 rings (SSSR count). The average molecular weight is 269 g/mol. The molecule has 1 atom stereocenters. The number of carbonyl (C=O) groups is 1. The van der Waals surface area contributed by atoms with Crippen molar-refractivity contribution in [3.63, 3.8) is 0 Å². The number of carbonyl (C=O) groups excluding carboxylic acids is 1. The van der Waals surface area contributed by atoms with Gasteiger partial charge in [-0.1, -0.05) is 6.92 Å². The molecular formula is C14H20FNO3. The highest BCUT2D eigenvalue weighted by atomic mass is 19.1. The predicted octanol–water partition coefficient (Wildman–Crippen LogP) is 1.87. The van der Waals surface area contributed by atoms with Crippen LogP contribution in [0.25, 0.3) is 0 Å². The number of hydrogen-bond donors (Lipinski definition) is 2. The van der Waals surface area contributed by atoms with Gasteiger partial charge in [0.05, 0.1) is 12.6 Å². The van der Waals surface area contributed by atoms with Crippen LogP contribution in [-0.4, -0.2) is 29.3 Å². The summed E-state index contributed by atoms with van der Waals surface area (Å²) < 4.78 is 18.3. The molecule has 0 aromatic heterocycles. The van der Waals surface area contributed by atoms with Crippen molar-refractivity contribution in [3.05, 3.63) is 30.1 Å². The molecule has 0 saturated heterocycles. The first-order valence-electron chi connectivity index (χ1n) is 6.25. The van der Waals surface area contributed by atoms with Gasteiger partial charge in [-0.25, -0.2) is 4.39 Å². The van der Waals surface area contributed by atoms with E-state index in [1.54, 1.807) is 13.8 Å². The monoisotopic (exact) mass is 269 g/mol. The van der Waals surface area contributed by atoms with E-state index in [1.165, 1.54) is 24.3 Å². The number of hydrogen-bond acceptors (Lipinski definition) is 3. The Labute approximate surface area is 112 Å². The lowest BCUT2D eigenvalue weighted by Gasteiger charge is -2.27. The quantitative estimate of drug-likeness (QED) is 0.829. The van der Waals surface area contributed by atoms with Crippen molar-refractivity contribution < 1.29 is 19.0 Å². The van der Waals surface area contributed by atoms with Crippen molar-refractivity contribution in [3.8, 4) is 5.75 Å². The standard InChI is InChI=1S/C14H20FNO3/c1-4-11(9-17)16-13(18)14(2,3)19-12-7-5-10(15)6-8-12/h5-8,11,17H,4,9H2,1-3H3,(H,16,18)/t11-/m0/s1. The van der Waals surface area contributed by atoms with E-state index in [0.29, 0.717) is 12.2 Å². The lowest BCUT2D eigenvalue weighted by molar-refractivity contribution is -0.135. The van der Waals surface area contributed by atoms with Crippen LogP contribution in [0.15, 0.2) is 24.3 Å². The minimum absolute atomic E-state index is 0.116. The normalized spacial score (nSPS) is 12.9. The van der Waals surface area contributed by atoms with Gasteiger partial charge in [-0.15, -0.1) is 0 Å². The van der Waals surface area contributed by atoms with Crippen molar-refractivity contribution in [2.24, 2.45) is 0 Å². The molecule has 4 nitrogen and oxygen atoms in total. The summed E-state index contributed by atoms with van der Waals surface area (Å²) in [5, 5.41) is 11.8. The molecule has 19 heavy (non-hydrogen) atoms. The van der Waals surface area contributed by atoms with Gasteiger partial charge in [0.1, 0.15) is 11.6 Å². The molecule has 1 aromatic carbocycles. The highest BCUT2D eigenvalue weighted by Gasteiger charge is 2.31. The second kappa shape index (κ2) is 6.52. The SMILES string of the molecule is CC[C@@H](CO)NC(=O)C(C)(C)Oc1ccc(F)cc1. The zero-order chi connectivity index (χ0) is 14.5. The van der Waals surface area contributed by atoms with Crippen LogP contribution in [0.4, 0.5) is 4.39 Å². The topological polar surface area (TPSA) is 58.6 Å². The van der Waals surface area contributed by atoms with Crippen molar-refractivity contribution in [1.82, 2.24) is 5.32 Å². The molecule has 0 saturated carbocycles. The molecule has 1 aromatic rings. The maximum absolute atomic E-state index is 12.8. The van der Waals surface area contributed by atoms with Crippen molar-refractivity contribution in [2.45, 2.75) is 38.8 Å². The molecule has 0 radical (unpaired) electrons. The number of aliphatic hydroxyl groups excluding tert-OH is 1. The average Bonchev–Trinajstić information content (AvgIpc) is 2.38. The Kier molecular flexibility index (Phi) is 5.30. The predicted molar refractivity (Wildman–Crippen MR) is 70.4 cm³/mol. The van der Waals surface area contributed by atoms with E-state index in [-0.39, 0.29) is 24.4 Å². The van der Waals surface area contributed by atoms with Crippen LogP contribution in [0.1, 0.15) is 27.2 Å². The maximum Gasteiger partial charge on any atom is 0.263 e. The maximum atomic E-state index is 12.8. The van der Waals surface area contributed by atoms with E-state index in [4.69, 9.17) is 9.84 Å². The zero-order valence-corrected chi connectivity index (χ0v) is 11.4. The number of ether oxygens (including phenoxy) is 1. The molecule has 1 amide bonds. The number of benzene rings is 1. The molecule has 5 heteroatoms. The highest BCUT2D eigenvalue weighted by molar-refractivity contribution is 5.84. The Balaban J connectivity index is 2.69.